The van der Waals surface area contributed by atoms with Gasteiger partial charge in [0.2, 0.25) is 0 Å². The van der Waals surface area contributed by atoms with E-state index in [1.54, 1.807) is 12.1 Å². The van der Waals surface area contributed by atoms with Crippen molar-refractivity contribution in [1.29, 1.82) is 5.26 Å². The fourth-order valence-electron chi connectivity index (χ4n) is 3.84. The van der Waals surface area contributed by atoms with Crippen molar-refractivity contribution in [1.82, 2.24) is 0 Å². The molecule has 2 bridgehead atoms. The molecule has 2 nitrogen and oxygen atoms in total. The zero-order valence-electron chi connectivity index (χ0n) is 10.4. The summed E-state index contributed by atoms with van der Waals surface area (Å²) in [6.45, 7) is 0. The summed E-state index contributed by atoms with van der Waals surface area (Å²) >= 11 is 0. The Balaban J connectivity index is 2.12. The quantitative estimate of drug-likeness (QED) is 0.775. The maximum Gasteiger partial charge on any atom is 0.115 e. The number of hydrogen-bond acceptors (Lipinski definition) is 2. The maximum absolute atomic E-state index is 9.82. The number of fused-ring (bicyclic) bond motifs is 1. The van der Waals surface area contributed by atoms with Gasteiger partial charge in [0.05, 0.1) is 6.07 Å². The van der Waals surface area contributed by atoms with Gasteiger partial charge >= 0.3 is 0 Å². The van der Waals surface area contributed by atoms with E-state index in [-0.39, 0.29) is 5.75 Å². The van der Waals surface area contributed by atoms with Crippen molar-refractivity contribution in [3.63, 3.8) is 0 Å². The van der Waals surface area contributed by atoms with Crippen LogP contribution < -0.4 is 0 Å². The summed E-state index contributed by atoms with van der Waals surface area (Å²) < 4.78 is 0. The molecule has 2 heteroatoms. The minimum Gasteiger partial charge on any atom is -0.508 e. The molecule has 92 valence electrons. The van der Waals surface area contributed by atoms with Crippen molar-refractivity contribution in [2.75, 3.05) is 0 Å². The van der Waals surface area contributed by atoms with Gasteiger partial charge in [-0.15, -0.1) is 0 Å². The molecule has 2 aromatic rings. The predicted molar refractivity (Wildman–Crippen MR) is 72.0 cm³/mol. The number of aromatic hydroxyl groups is 1. The first kappa shape index (κ1) is 10.6. The first-order valence-corrected chi connectivity index (χ1v) is 6.60. The van der Waals surface area contributed by atoms with Crippen molar-refractivity contribution in [3.8, 4) is 11.8 Å². The Morgan fingerprint density at radius 1 is 1.11 bits per heavy atom. The normalized spacial score (nSPS) is 26.4. The van der Waals surface area contributed by atoms with Gasteiger partial charge in [-0.05, 0) is 47.2 Å². The third-order valence-electron chi connectivity index (χ3n) is 4.67. The zero-order chi connectivity index (χ0) is 13.0. The summed E-state index contributed by atoms with van der Waals surface area (Å²) in [5.74, 6) is 0.625. The van der Waals surface area contributed by atoms with Crippen LogP contribution in [0.1, 0.15) is 41.0 Å². The van der Waals surface area contributed by atoms with E-state index in [4.69, 9.17) is 0 Å². The second-order valence-electron chi connectivity index (χ2n) is 5.47. The van der Waals surface area contributed by atoms with E-state index in [0.29, 0.717) is 5.92 Å². The molecule has 0 aromatic heterocycles. The number of nitrogens with zero attached hydrogens (tertiary/aromatic N) is 1. The van der Waals surface area contributed by atoms with Gasteiger partial charge in [0.25, 0.3) is 0 Å². The highest BCUT2D eigenvalue weighted by atomic mass is 16.3. The van der Waals surface area contributed by atoms with E-state index in [1.807, 2.05) is 18.2 Å². The number of benzene rings is 2. The van der Waals surface area contributed by atoms with Crippen LogP contribution in [0.5, 0.6) is 5.75 Å². The first-order valence-electron chi connectivity index (χ1n) is 6.60. The SMILES string of the molecule is N#CC12CCC(c3ccccc31)c1ccc(O)cc12. The van der Waals surface area contributed by atoms with Crippen molar-refractivity contribution < 1.29 is 5.11 Å². The summed E-state index contributed by atoms with van der Waals surface area (Å²) in [7, 11) is 0. The number of rotatable bonds is 0. The minimum atomic E-state index is -0.570. The molecule has 2 atom stereocenters. The average molecular weight is 247 g/mol. The zero-order valence-corrected chi connectivity index (χ0v) is 10.4. The van der Waals surface area contributed by atoms with Crippen LogP contribution in [-0.4, -0.2) is 5.11 Å². The van der Waals surface area contributed by atoms with Gasteiger partial charge < -0.3 is 5.11 Å². The van der Waals surface area contributed by atoms with Crippen LogP contribution in [-0.2, 0) is 5.41 Å². The maximum atomic E-state index is 9.82. The van der Waals surface area contributed by atoms with Crippen LogP contribution in [0.2, 0.25) is 0 Å². The molecule has 19 heavy (non-hydrogen) atoms. The summed E-state index contributed by atoms with van der Waals surface area (Å²) in [5, 5.41) is 19.6. The van der Waals surface area contributed by atoms with Crippen LogP contribution >= 0.6 is 0 Å². The number of hydrogen-bond donors (Lipinski definition) is 1. The molecular weight excluding hydrogens is 234 g/mol. The van der Waals surface area contributed by atoms with E-state index >= 15 is 0 Å². The minimum absolute atomic E-state index is 0.249. The Bertz CT molecular complexity index is 728. The lowest BCUT2D eigenvalue weighted by molar-refractivity contribution is 0.436. The third-order valence-corrected chi connectivity index (χ3v) is 4.67. The molecule has 2 unspecified atom stereocenters. The smallest absolute Gasteiger partial charge is 0.115 e. The van der Waals surface area contributed by atoms with Gasteiger partial charge in [0.1, 0.15) is 11.2 Å². The molecule has 0 spiro atoms. The molecule has 2 aromatic carbocycles. The Kier molecular flexibility index (Phi) is 1.90. The fraction of sp³-hybridized carbons (Fsp3) is 0.235. The lowest BCUT2D eigenvalue weighted by Crippen LogP contribution is -2.38. The molecule has 0 heterocycles. The second-order valence-corrected chi connectivity index (χ2v) is 5.47. The number of nitriles is 1. The van der Waals surface area contributed by atoms with E-state index in [2.05, 4.69) is 18.2 Å². The van der Waals surface area contributed by atoms with Gasteiger partial charge in [-0.1, -0.05) is 30.3 Å². The van der Waals surface area contributed by atoms with Crippen molar-refractivity contribution in [3.05, 3.63) is 64.7 Å². The Hall–Kier alpha value is -2.27. The van der Waals surface area contributed by atoms with Crippen LogP contribution in [0.25, 0.3) is 0 Å². The molecule has 0 saturated heterocycles. The number of phenols is 1. The van der Waals surface area contributed by atoms with Crippen molar-refractivity contribution in [2.24, 2.45) is 0 Å². The highest BCUT2D eigenvalue weighted by molar-refractivity contribution is 5.63. The molecule has 3 aliphatic carbocycles. The van der Waals surface area contributed by atoms with Gasteiger partial charge in [0, 0.05) is 5.92 Å². The van der Waals surface area contributed by atoms with Crippen LogP contribution in [0.15, 0.2) is 42.5 Å². The Morgan fingerprint density at radius 3 is 2.74 bits per heavy atom. The van der Waals surface area contributed by atoms with Gasteiger partial charge in [-0.3, -0.25) is 0 Å². The van der Waals surface area contributed by atoms with Crippen LogP contribution in [0.4, 0.5) is 0 Å². The van der Waals surface area contributed by atoms with Gasteiger partial charge in [-0.25, -0.2) is 0 Å². The van der Waals surface area contributed by atoms with Crippen LogP contribution in [0.3, 0.4) is 0 Å². The monoisotopic (exact) mass is 247 g/mol. The summed E-state index contributed by atoms with van der Waals surface area (Å²) in [4.78, 5) is 0. The lowest BCUT2D eigenvalue weighted by Gasteiger charge is -2.45. The van der Waals surface area contributed by atoms with E-state index in [0.717, 1.165) is 24.0 Å². The predicted octanol–water partition coefficient (Wildman–Crippen LogP) is 3.44. The van der Waals surface area contributed by atoms with Gasteiger partial charge in [0.15, 0.2) is 0 Å². The highest BCUT2D eigenvalue weighted by Crippen LogP contribution is 2.56. The molecule has 5 rings (SSSR count). The highest BCUT2D eigenvalue weighted by Gasteiger charge is 2.48. The number of phenolic OH excluding ortho intramolecular Hbond substituents is 1. The fourth-order valence-corrected chi connectivity index (χ4v) is 3.84. The molecule has 3 aliphatic rings. The van der Waals surface area contributed by atoms with Crippen molar-refractivity contribution >= 4 is 0 Å². The van der Waals surface area contributed by atoms with Gasteiger partial charge in [-0.2, -0.15) is 5.26 Å². The molecule has 0 radical (unpaired) electrons. The molecule has 0 amide bonds. The van der Waals surface area contributed by atoms with Crippen molar-refractivity contribution in [2.45, 2.75) is 24.2 Å². The summed E-state index contributed by atoms with van der Waals surface area (Å²) in [5.41, 5.74) is 4.06. The molecule has 1 N–H and O–H groups in total. The largest absolute Gasteiger partial charge is 0.508 e. The third kappa shape index (κ3) is 1.15. The van der Waals surface area contributed by atoms with Crippen LogP contribution in [0, 0.1) is 11.3 Å². The first-order chi connectivity index (χ1) is 9.26. The molecule has 0 saturated carbocycles. The molecule has 0 aliphatic heterocycles. The second kappa shape index (κ2) is 3.39. The molecular formula is C17H13NO. The Labute approximate surface area is 111 Å². The summed E-state index contributed by atoms with van der Waals surface area (Å²) in [6.07, 6.45) is 1.87. The molecule has 0 fully saturated rings. The van der Waals surface area contributed by atoms with E-state index in [9.17, 15) is 10.4 Å². The average Bonchev–Trinajstić information content (AvgIpc) is 2.47. The standard InChI is InChI=1S/C17H13NO/c18-10-17-8-7-12(13-3-1-2-4-15(13)17)14-6-5-11(19)9-16(14)17/h1-6,9,12,19H,7-8H2. The Morgan fingerprint density at radius 2 is 1.89 bits per heavy atom. The lowest BCUT2D eigenvalue weighted by atomic mass is 9.56. The van der Waals surface area contributed by atoms with E-state index in [1.165, 1.54) is 11.1 Å². The van der Waals surface area contributed by atoms with E-state index < -0.39 is 5.41 Å². The summed E-state index contributed by atoms with van der Waals surface area (Å²) in [6, 6.07) is 16.3. The topological polar surface area (TPSA) is 44.0 Å².